The highest BCUT2D eigenvalue weighted by Crippen LogP contribution is 2.19. The molecule has 98 valence electrons. The van der Waals surface area contributed by atoms with Crippen LogP contribution >= 0.6 is 0 Å². The third-order valence-electron chi connectivity index (χ3n) is 2.37. The Labute approximate surface area is 104 Å². The number of rotatable bonds is 5. The molecule has 0 aromatic heterocycles. The van der Waals surface area contributed by atoms with Crippen LogP contribution in [-0.4, -0.2) is 22.6 Å². The van der Waals surface area contributed by atoms with E-state index >= 15 is 0 Å². The van der Waals surface area contributed by atoms with Crippen molar-refractivity contribution in [2.75, 3.05) is 6.54 Å². The number of hydrazine groups is 1. The quantitative estimate of drug-likeness (QED) is 0.544. The van der Waals surface area contributed by atoms with Gasteiger partial charge in [-0.3, -0.25) is 0 Å². The van der Waals surface area contributed by atoms with Crippen LogP contribution in [0.2, 0.25) is 0 Å². The molecule has 0 amide bonds. The summed E-state index contributed by atoms with van der Waals surface area (Å²) in [6.45, 7) is 2.46. The van der Waals surface area contributed by atoms with E-state index < -0.39 is 11.8 Å². The van der Waals surface area contributed by atoms with E-state index in [-0.39, 0.29) is 5.56 Å². The molecule has 5 nitrogen and oxygen atoms in total. The molecule has 0 saturated carbocycles. The van der Waals surface area contributed by atoms with Gasteiger partial charge in [-0.2, -0.15) is 0 Å². The summed E-state index contributed by atoms with van der Waals surface area (Å²) in [7, 11) is 0. The van der Waals surface area contributed by atoms with Gasteiger partial charge in [-0.15, -0.1) is 0 Å². The third kappa shape index (κ3) is 3.21. The second-order valence-corrected chi connectivity index (χ2v) is 3.78. The molecule has 0 spiro atoms. The number of hydrogen-bond acceptors (Lipinski definition) is 4. The molecule has 0 fully saturated rings. The van der Waals surface area contributed by atoms with Crippen molar-refractivity contribution in [3.63, 3.8) is 0 Å². The van der Waals surface area contributed by atoms with Crippen LogP contribution < -0.4 is 11.6 Å². The fourth-order valence-electron chi connectivity index (χ4n) is 1.58. The van der Waals surface area contributed by atoms with Gasteiger partial charge in [0, 0.05) is 18.3 Å². The van der Waals surface area contributed by atoms with Crippen LogP contribution in [0.1, 0.15) is 29.3 Å². The first-order chi connectivity index (χ1) is 8.49. The lowest BCUT2D eigenvalue weighted by atomic mass is 10.1. The number of aromatic carboxylic acids is 1. The first-order valence-electron chi connectivity index (χ1n) is 5.48. The predicted octanol–water partition coefficient (Wildman–Crippen LogP) is 1.37. The lowest BCUT2D eigenvalue weighted by Gasteiger charge is -2.21. The molecule has 0 bridgehead atoms. The molecule has 1 aromatic rings. The van der Waals surface area contributed by atoms with Crippen molar-refractivity contribution in [3.8, 4) is 0 Å². The van der Waals surface area contributed by atoms with Crippen LogP contribution in [0.15, 0.2) is 24.4 Å². The molecule has 0 aliphatic rings. The average Bonchev–Trinajstić information content (AvgIpc) is 2.29. The maximum atomic E-state index is 13.3. The van der Waals surface area contributed by atoms with Crippen LogP contribution in [0.4, 0.5) is 4.39 Å². The van der Waals surface area contributed by atoms with E-state index in [1.807, 2.05) is 6.92 Å². The van der Waals surface area contributed by atoms with E-state index in [1.165, 1.54) is 23.3 Å². The van der Waals surface area contributed by atoms with Crippen LogP contribution in [0.3, 0.4) is 0 Å². The predicted molar refractivity (Wildman–Crippen MR) is 66.7 cm³/mol. The minimum Gasteiger partial charge on any atom is -0.478 e. The standard InChI is InChI=1S/C12H16FN3O2/c1-2-3-16(15)11(7-14)8-4-9(12(17)18)6-10(13)5-8/h4-7H,2-3,14-15H2,1H3,(H,17,18)/b11-7-. The normalized spacial score (nSPS) is 11.4. The lowest BCUT2D eigenvalue weighted by molar-refractivity contribution is 0.0696. The number of benzene rings is 1. The fourth-order valence-corrected chi connectivity index (χ4v) is 1.58. The summed E-state index contributed by atoms with van der Waals surface area (Å²) >= 11 is 0. The fraction of sp³-hybridized carbons (Fsp3) is 0.250. The van der Waals surface area contributed by atoms with Crippen LogP contribution in [0.5, 0.6) is 0 Å². The summed E-state index contributed by atoms with van der Waals surface area (Å²) in [5.41, 5.74) is 6.04. The molecule has 6 heteroatoms. The summed E-state index contributed by atoms with van der Waals surface area (Å²) in [6, 6.07) is 3.47. The summed E-state index contributed by atoms with van der Waals surface area (Å²) in [5.74, 6) is 3.92. The Kier molecular flexibility index (Phi) is 4.67. The smallest absolute Gasteiger partial charge is 0.335 e. The molecule has 18 heavy (non-hydrogen) atoms. The van der Waals surface area contributed by atoms with E-state index in [2.05, 4.69) is 0 Å². The molecule has 0 radical (unpaired) electrons. The van der Waals surface area contributed by atoms with Crippen LogP contribution in [0.25, 0.3) is 5.70 Å². The number of carboxylic acids is 1. The number of carboxylic acid groups (broad SMARTS) is 1. The minimum absolute atomic E-state index is 0.144. The maximum Gasteiger partial charge on any atom is 0.335 e. The Bertz CT molecular complexity index is 474. The maximum absolute atomic E-state index is 13.3. The summed E-state index contributed by atoms with van der Waals surface area (Å²) in [4.78, 5) is 10.8. The van der Waals surface area contributed by atoms with E-state index in [0.717, 1.165) is 12.5 Å². The van der Waals surface area contributed by atoms with Crippen molar-refractivity contribution in [1.29, 1.82) is 0 Å². The third-order valence-corrected chi connectivity index (χ3v) is 2.37. The topological polar surface area (TPSA) is 92.6 Å². The van der Waals surface area contributed by atoms with Crippen molar-refractivity contribution in [3.05, 3.63) is 41.3 Å². The SMILES string of the molecule is CCCN(N)/C(=C\N)c1cc(F)cc(C(=O)O)c1. The molecule has 0 atom stereocenters. The highest BCUT2D eigenvalue weighted by Gasteiger charge is 2.12. The van der Waals surface area contributed by atoms with Crippen molar-refractivity contribution >= 4 is 11.7 Å². The Hall–Kier alpha value is -2.08. The number of nitrogens with two attached hydrogens (primary N) is 2. The molecule has 0 saturated heterocycles. The van der Waals surface area contributed by atoms with Gasteiger partial charge in [0.1, 0.15) is 5.82 Å². The molecule has 1 rings (SSSR count). The van der Waals surface area contributed by atoms with Crippen LogP contribution in [0, 0.1) is 5.82 Å². The van der Waals surface area contributed by atoms with Crippen LogP contribution in [-0.2, 0) is 0 Å². The largest absolute Gasteiger partial charge is 0.478 e. The van der Waals surface area contributed by atoms with Gasteiger partial charge in [0.2, 0.25) is 0 Å². The zero-order valence-electron chi connectivity index (χ0n) is 10.1. The number of nitrogens with zero attached hydrogens (tertiary/aromatic N) is 1. The highest BCUT2D eigenvalue weighted by molar-refractivity contribution is 5.88. The zero-order valence-corrected chi connectivity index (χ0v) is 10.1. The molecule has 0 heterocycles. The Morgan fingerprint density at radius 2 is 2.06 bits per heavy atom. The molecule has 0 aliphatic heterocycles. The highest BCUT2D eigenvalue weighted by atomic mass is 19.1. The van der Waals surface area contributed by atoms with Crippen molar-refractivity contribution in [1.82, 2.24) is 5.01 Å². The summed E-state index contributed by atoms with van der Waals surface area (Å²) < 4.78 is 13.3. The van der Waals surface area contributed by atoms with Gasteiger partial charge in [0.15, 0.2) is 0 Å². The zero-order chi connectivity index (χ0) is 13.7. The van der Waals surface area contributed by atoms with E-state index in [1.54, 1.807) is 0 Å². The van der Waals surface area contributed by atoms with Crippen molar-refractivity contribution in [2.45, 2.75) is 13.3 Å². The van der Waals surface area contributed by atoms with E-state index in [9.17, 15) is 9.18 Å². The number of halogens is 1. The molecular formula is C12H16FN3O2. The molecular weight excluding hydrogens is 237 g/mol. The number of carbonyl (C=O) groups is 1. The van der Waals surface area contributed by atoms with Gasteiger partial charge in [-0.25, -0.2) is 15.0 Å². The van der Waals surface area contributed by atoms with Gasteiger partial charge in [-0.1, -0.05) is 6.92 Å². The summed E-state index contributed by atoms with van der Waals surface area (Å²) in [5, 5.41) is 10.2. The summed E-state index contributed by atoms with van der Waals surface area (Å²) in [6.07, 6.45) is 2.02. The second kappa shape index (κ2) is 6.02. The first-order valence-corrected chi connectivity index (χ1v) is 5.48. The van der Waals surface area contributed by atoms with E-state index in [0.29, 0.717) is 17.8 Å². The van der Waals surface area contributed by atoms with Gasteiger partial charge in [-0.05, 0) is 24.6 Å². The van der Waals surface area contributed by atoms with Crippen molar-refractivity contribution in [2.24, 2.45) is 11.6 Å². The van der Waals surface area contributed by atoms with Gasteiger partial charge >= 0.3 is 5.97 Å². The molecule has 5 N–H and O–H groups in total. The number of hydrogen-bond donors (Lipinski definition) is 3. The minimum atomic E-state index is -1.20. The Balaban J connectivity index is 3.18. The van der Waals surface area contributed by atoms with Gasteiger partial charge < -0.3 is 15.8 Å². The first kappa shape index (κ1) is 14.0. The molecule has 0 aliphatic carbocycles. The monoisotopic (exact) mass is 253 g/mol. The molecule has 0 unspecified atom stereocenters. The lowest BCUT2D eigenvalue weighted by Crippen LogP contribution is -2.30. The Morgan fingerprint density at radius 3 is 2.56 bits per heavy atom. The molecule has 1 aromatic carbocycles. The van der Waals surface area contributed by atoms with Gasteiger partial charge in [0.05, 0.1) is 11.3 Å². The average molecular weight is 253 g/mol. The van der Waals surface area contributed by atoms with Gasteiger partial charge in [0.25, 0.3) is 0 Å². The van der Waals surface area contributed by atoms with E-state index in [4.69, 9.17) is 16.7 Å². The van der Waals surface area contributed by atoms with Crippen molar-refractivity contribution < 1.29 is 14.3 Å². The second-order valence-electron chi connectivity index (χ2n) is 3.78. The Morgan fingerprint density at radius 1 is 1.44 bits per heavy atom.